The van der Waals surface area contributed by atoms with Crippen molar-refractivity contribution >= 4 is 42.3 Å². The van der Waals surface area contributed by atoms with Crippen LogP contribution in [0.15, 0.2) is 24.3 Å². The van der Waals surface area contributed by atoms with Crippen molar-refractivity contribution in [2.24, 2.45) is 0 Å². The van der Waals surface area contributed by atoms with Gasteiger partial charge in [-0.15, -0.1) is 24.8 Å². The van der Waals surface area contributed by atoms with Gasteiger partial charge in [-0.05, 0) is 44.1 Å². The highest BCUT2D eigenvalue weighted by Crippen LogP contribution is 2.13. The summed E-state index contributed by atoms with van der Waals surface area (Å²) in [5.74, 6) is 0.295. The predicted octanol–water partition coefficient (Wildman–Crippen LogP) is 3.22. The van der Waals surface area contributed by atoms with E-state index < -0.39 is 0 Å². The van der Waals surface area contributed by atoms with Crippen LogP contribution in [0, 0.1) is 0 Å². The number of hydrogen-bond donors (Lipinski definition) is 1. The summed E-state index contributed by atoms with van der Waals surface area (Å²) >= 11 is 5.92. The summed E-state index contributed by atoms with van der Waals surface area (Å²) < 4.78 is 0. The molecule has 0 spiro atoms. The molecule has 1 aromatic carbocycles. The van der Waals surface area contributed by atoms with Gasteiger partial charge >= 0.3 is 0 Å². The number of amides is 1. The lowest BCUT2D eigenvalue weighted by molar-refractivity contribution is -0.131. The van der Waals surface area contributed by atoms with E-state index in [0.717, 1.165) is 57.1 Å². The minimum absolute atomic E-state index is 0. The summed E-state index contributed by atoms with van der Waals surface area (Å²) in [5, 5.41) is 3.86. The van der Waals surface area contributed by atoms with E-state index in [1.165, 1.54) is 5.56 Å². The van der Waals surface area contributed by atoms with Crippen LogP contribution in [0.2, 0.25) is 5.02 Å². The van der Waals surface area contributed by atoms with Crippen molar-refractivity contribution in [1.82, 2.24) is 15.1 Å². The Hall–Kier alpha value is -0.520. The molecule has 0 bridgehead atoms. The number of carbonyl (C=O) groups excluding carboxylic acids is 1. The van der Waals surface area contributed by atoms with Crippen LogP contribution in [0.5, 0.6) is 0 Å². The van der Waals surface area contributed by atoms with E-state index in [-0.39, 0.29) is 24.8 Å². The summed E-state index contributed by atoms with van der Waals surface area (Å²) in [6.45, 7) is 5.55. The molecular weight excluding hydrogens is 369 g/mol. The molecule has 138 valence electrons. The van der Waals surface area contributed by atoms with E-state index in [0.29, 0.717) is 12.3 Å². The summed E-state index contributed by atoms with van der Waals surface area (Å²) in [4.78, 5) is 16.6. The van der Waals surface area contributed by atoms with E-state index in [1.54, 1.807) is 0 Å². The Bertz CT molecular complexity index is 471. The zero-order chi connectivity index (χ0) is 15.8. The molecule has 24 heavy (non-hydrogen) atoms. The van der Waals surface area contributed by atoms with Crippen LogP contribution in [-0.2, 0) is 11.3 Å². The van der Waals surface area contributed by atoms with Gasteiger partial charge in [0.15, 0.2) is 0 Å². The second-order valence-electron chi connectivity index (χ2n) is 5.84. The molecular formula is C17H28Cl3N3O. The van der Waals surface area contributed by atoms with Crippen molar-refractivity contribution in [2.75, 3.05) is 39.8 Å². The molecule has 0 atom stereocenters. The van der Waals surface area contributed by atoms with Gasteiger partial charge in [0.2, 0.25) is 5.91 Å². The molecule has 0 aliphatic carbocycles. The second kappa shape index (κ2) is 12.8. The van der Waals surface area contributed by atoms with Crippen LogP contribution < -0.4 is 5.32 Å². The normalized spacial score (nSPS) is 15.2. The summed E-state index contributed by atoms with van der Waals surface area (Å²) in [6, 6.07) is 8.03. The standard InChI is InChI=1S/C17H26ClN3O.2ClH/c1-19-9-2-4-17(22)21-11-3-10-20(12-13-21)14-15-5-7-16(18)8-6-15;;/h5-8,19H,2-4,9-14H2,1H3;2*1H. The van der Waals surface area contributed by atoms with Crippen molar-refractivity contribution < 1.29 is 4.79 Å². The fourth-order valence-corrected chi connectivity index (χ4v) is 2.93. The first-order chi connectivity index (χ1) is 10.7. The van der Waals surface area contributed by atoms with Gasteiger partial charge in [-0.2, -0.15) is 0 Å². The molecule has 2 rings (SSSR count). The Morgan fingerprint density at radius 1 is 1.12 bits per heavy atom. The highest BCUT2D eigenvalue weighted by molar-refractivity contribution is 6.30. The van der Waals surface area contributed by atoms with E-state index in [2.05, 4.69) is 22.3 Å². The van der Waals surface area contributed by atoms with E-state index in [4.69, 9.17) is 11.6 Å². The van der Waals surface area contributed by atoms with Gasteiger partial charge < -0.3 is 10.2 Å². The number of nitrogens with one attached hydrogen (secondary N) is 1. The Balaban J connectivity index is 0.00000264. The molecule has 7 heteroatoms. The SMILES string of the molecule is CNCCCC(=O)N1CCCN(Cc2ccc(Cl)cc2)CC1.Cl.Cl. The maximum Gasteiger partial charge on any atom is 0.222 e. The fraction of sp³-hybridized carbons (Fsp3) is 0.588. The summed E-state index contributed by atoms with van der Waals surface area (Å²) in [6.07, 6.45) is 2.61. The maximum absolute atomic E-state index is 12.2. The highest BCUT2D eigenvalue weighted by Gasteiger charge is 2.18. The molecule has 0 radical (unpaired) electrons. The van der Waals surface area contributed by atoms with Gasteiger partial charge in [0.05, 0.1) is 0 Å². The Labute approximate surface area is 162 Å². The van der Waals surface area contributed by atoms with Crippen molar-refractivity contribution in [3.63, 3.8) is 0 Å². The lowest BCUT2D eigenvalue weighted by Crippen LogP contribution is -2.35. The minimum atomic E-state index is 0. The highest BCUT2D eigenvalue weighted by atomic mass is 35.5. The number of hydrogen-bond acceptors (Lipinski definition) is 3. The smallest absolute Gasteiger partial charge is 0.222 e. The molecule has 1 amide bonds. The number of benzene rings is 1. The Kier molecular flexibility index (Phi) is 12.5. The van der Waals surface area contributed by atoms with Crippen LogP contribution >= 0.6 is 36.4 Å². The zero-order valence-electron chi connectivity index (χ0n) is 14.2. The number of carbonyl (C=O) groups is 1. The topological polar surface area (TPSA) is 35.6 Å². The monoisotopic (exact) mass is 395 g/mol. The van der Waals surface area contributed by atoms with Crippen molar-refractivity contribution in [3.8, 4) is 0 Å². The van der Waals surface area contributed by atoms with Crippen LogP contribution in [0.4, 0.5) is 0 Å². The third-order valence-electron chi connectivity index (χ3n) is 4.08. The lowest BCUT2D eigenvalue weighted by Gasteiger charge is -2.22. The summed E-state index contributed by atoms with van der Waals surface area (Å²) in [5.41, 5.74) is 1.28. The largest absolute Gasteiger partial charge is 0.341 e. The molecule has 0 unspecified atom stereocenters. The van der Waals surface area contributed by atoms with Gasteiger partial charge in [-0.25, -0.2) is 0 Å². The number of halogens is 3. The molecule has 1 heterocycles. The van der Waals surface area contributed by atoms with Crippen LogP contribution in [0.1, 0.15) is 24.8 Å². The molecule has 4 nitrogen and oxygen atoms in total. The minimum Gasteiger partial charge on any atom is -0.341 e. The summed E-state index contributed by atoms with van der Waals surface area (Å²) in [7, 11) is 1.92. The molecule has 0 saturated carbocycles. The first kappa shape index (κ1) is 23.5. The van der Waals surface area contributed by atoms with E-state index in [9.17, 15) is 4.79 Å². The van der Waals surface area contributed by atoms with Gasteiger partial charge in [-0.3, -0.25) is 9.69 Å². The van der Waals surface area contributed by atoms with Gasteiger partial charge in [-0.1, -0.05) is 23.7 Å². The number of rotatable bonds is 6. The quantitative estimate of drug-likeness (QED) is 0.750. The zero-order valence-corrected chi connectivity index (χ0v) is 16.6. The third kappa shape index (κ3) is 8.04. The van der Waals surface area contributed by atoms with E-state index in [1.807, 2.05) is 24.1 Å². The molecule has 1 aromatic rings. The molecule has 1 N–H and O–H groups in total. The Morgan fingerprint density at radius 2 is 1.83 bits per heavy atom. The van der Waals surface area contributed by atoms with Crippen LogP contribution in [-0.4, -0.2) is 55.5 Å². The number of nitrogens with zero attached hydrogens (tertiary/aromatic N) is 2. The third-order valence-corrected chi connectivity index (χ3v) is 4.33. The van der Waals surface area contributed by atoms with Crippen molar-refractivity contribution in [1.29, 1.82) is 0 Å². The fourth-order valence-electron chi connectivity index (χ4n) is 2.80. The average Bonchev–Trinajstić information content (AvgIpc) is 2.75. The van der Waals surface area contributed by atoms with Gasteiger partial charge in [0.25, 0.3) is 0 Å². The van der Waals surface area contributed by atoms with Gasteiger partial charge in [0, 0.05) is 44.2 Å². The van der Waals surface area contributed by atoms with Crippen LogP contribution in [0.3, 0.4) is 0 Å². The molecule has 1 fully saturated rings. The average molecular weight is 397 g/mol. The van der Waals surface area contributed by atoms with Crippen molar-refractivity contribution in [3.05, 3.63) is 34.9 Å². The molecule has 1 saturated heterocycles. The molecule has 1 aliphatic heterocycles. The Morgan fingerprint density at radius 3 is 2.50 bits per heavy atom. The van der Waals surface area contributed by atoms with Crippen LogP contribution in [0.25, 0.3) is 0 Å². The lowest BCUT2D eigenvalue weighted by atomic mass is 10.2. The van der Waals surface area contributed by atoms with Gasteiger partial charge in [0.1, 0.15) is 0 Å². The molecule has 0 aromatic heterocycles. The van der Waals surface area contributed by atoms with E-state index >= 15 is 0 Å². The predicted molar refractivity (Wildman–Crippen MR) is 106 cm³/mol. The molecule has 1 aliphatic rings. The first-order valence-corrected chi connectivity index (χ1v) is 8.46. The first-order valence-electron chi connectivity index (χ1n) is 8.08. The second-order valence-corrected chi connectivity index (χ2v) is 6.28. The maximum atomic E-state index is 12.2. The van der Waals surface area contributed by atoms with Crippen molar-refractivity contribution in [2.45, 2.75) is 25.8 Å².